The van der Waals surface area contributed by atoms with Crippen molar-refractivity contribution in [2.24, 2.45) is 0 Å². The van der Waals surface area contributed by atoms with E-state index in [2.05, 4.69) is 0 Å². The smallest absolute Gasteiger partial charge is 0.402 e. The number of hydrogen-bond donors (Lipinski definition) is 0. The number of halogens is 3. The Morgan fingerprint density at radius 2 is 1.56 bits per heavy atom. The van der Waals surface area contributed by atoms with Crippen molar-refractivity contribution >= 4 is 0 Å². The zero-order valence-electron chi connectivity index (χ0n) is 10.0. The molecule has 0 unspecified atom stereocenters. The molecule has 6 heteroatoms. The van der Waals surface area contributed by atoms with E-state index in [9.17, 15) is 13.2 Å². The van der Waals surface area contributed by atoms with Crippen LogP contribution in [0.4, 0.5) is 13.2 Å². The van der Waals surface area contributed by atoms with Gasteiger partial charge in [0.2, 0.25) is 0 Å². The maximum absolute atomic E-state index is 13.2. The van der Waals surface area contributed by atoms with Crippen molar-refractivity contribution in [1.29, 1.82) is 0 Å². The molecule has 3 nitrogen and oxygen atoms in total. The average Bonchev–Trinajstić information content (AvgIpc) is 2.24. The monoisotopic (exact) mass is 262 g/mol. The first-order valence-electron chi connectivity index (χ1n) is 5.31. The molecule has 0 atom stereocenters. The van der Waals surface area contributed by atoms with Crippen LogP contribution in [-0.2, 0) is 10.2 Å². The second-order valence-electron chi connectivity index (χ2n) is 4.17. The summed E-state index contributed by atoms with van der Waals surface area (Å²) in [5, 5.41) is 0. The minimum Gasteiger partial charge on any atom is -0.497 e. The van der Waals surface area contributed by atoms with Crippen LogP contribution < -0.4 is 9.47 Å². The van der Waals surface area contributed by atoms with Gasteiger partial charge in [0.25, 0.3) is 0 Å². The van der Waals surface area contributed by atoms with Crippen molar-refractivity contribution in [3.63, 3.8) is 0 Å². The Morgan fingerprint density at radius 3 is 1.83 bits per heavy atom. The molecule has 0 aromatic heterocycles. The van der Waals surface area contributed by atoms with Crippen molar-refractivity contribution < 1.29 is 27.4 Å². The highest BCUT2D eigenvalue weighted by atomic mass is 19.4. The Morgan fingerprint density at radius 1 is 1.06 bits per heavy atom. The molecule has 0 amide bonds. The highest BCUT2D eigenvalue weighted by molar-refractivity contribution is 5.43. The van der Waals surface area contributed by atoms with Crippen LogP contribution in [0.2, 0.25) is 0 Å². The summed E-state index contributed by atoms with van der Waals surface area (Å²) in [4.78, 5) is 0. The maximum atomic E-state index is 13.2. The van der Waals surface area contributed by atoms with E-state index in [1.54, 1.807) is 0 Å². The van der Waals surface area contributed by atoms with E-state index in [0.29, 0.717) is 11.5 Å². The molecular weight excluding hydrogens is 249 g/mol. The molecule has 1 fully saturated rings. The topological polar surface area (TPSA) is 27.7 Å². The van der Waals surface area contributed by atoms with Crippen LogP contribution >= 0.6 is 0 Å². The Labute approximate surface area is 102 Å². The van der Waals surface area contributed by atoms with Crippen LogP contribution in [0.15, 0.2) is 18.2 Å². The lowest BCUT2D eigenvalue weighted by molar-refractivity contribution is -0.262. The Hall–Kier alpha value is -1.43. The van der Waals surface area contributed by atoms with Gasteiger partial charge in [0.15, 0.2) is 0 Å². The van der Waals surface area contributed by atoms with Crippen LogP contribution in [0, 0.1) is 0 Å². The molecule has 1 aliphatic heterocycles. The van der Waals surface area contributed by atoms with E-state index in [4.69, 9.17) is 14.2 Å². The van der Waals surface area contributed by atoms with Gasteiger partial charge in [-0.1, -0.05) is 0 Å². The Bertz CT molecular complexity index is 416. The molecule has 18 heavy (non-hydrogen) atoms. The molecule has 1 aromatic rings. The molecule has 1 saturated heterocycles. The lowest BCUT2D eigenvalue weighted by Crippen LogP contribution is -2.57. The molecule has 2 rings (SSSR count). The van der Waals surface area contributed by atoms with Crippen molar-refractivity contribution in [2.45, 2.75) is 11.6 Å². The summed E-state index contributed by atoms with van der Waals surface area (Å²) >= 11 is 0. The fourth-order valence-corrected chi connectivity index (χ4v) is 1.88. The molecule has 0 saturated carbocycles. The quantitative estimate of drug-likeness (QED) is 0.837. The van der Waals surface area contributed by atoms with Crippen molar-refractivity contribution in [3.8, 4) is 11.5 Å². The van der Waals surface area contributed by atoms with Gasteiger partial charge < -0.3 is 14.2 Å². The van der Waals surface area contributed by atoms with Crippen LogP contribution in [0.3, 0.4) is 0 Å². The summed E-state index contributed by atoms with van der Waals surface area (Å²) in [5.41, 5.74) is -1.84. The van der Waals surface area contributed by atoms with E-state index in [1.165, 1.54) is 32.4 Å². The summed E-state index contributed by atoms with van der Waals surface area (Å²) in [6.07, 6.45) is -4.36. The molecule has 1 aromatic carbocycles. The molecule has 0 bridgehead atoms. The summed E-state index contributed by atoms with van der Waals surface area (Å²) < 4.78 is 54.2. The van der Waals surface area contributed by atoms with Gasteiger partial charge in [-0.25, -0.2) is 0 Å². The van der Waals surface area contributed by atoms with Crippen molar-refractivity contribution in [3.05, 3.63) is 23.8 Å². The van der Waals surface area contributed by atoms with Gasteiger partial charge in [-0.15, -0.1) is 0 Å². The van der Waals surface area contributed by atoms with Crippen molar-refractivity contribution in [1.82, 2.24) is 0 Å². The Kier molecular flexibility index (Phi) is 3.14. The standard InChI is InChI=1S/C12H13F3O3/c1-16-9-3-8(4-10(5-9)17-2)11(6-18-7-11)12(13,14)15/h3-5H,6-7H2,1-2H3. The molecule has 1 aliphatic rings. The first kappa shape index (κ1) is 13.0. The predicted molar refractivity (Wildman–Crippen MR) is 58.1 cm³/mol. The van der Waals surface area contributed by atoms with E-state index < -0.39 is 11.6 Å². The molecule has 0 N–H and O–H groups in total. The van der Waals surface area contributed by atoms with Gasteiger partial charge in [-0.3, -0.25) is 0 Å². The number of benzene rings is 1. The minimum absolute atomic E-state index is 0.109. The van der Waals surface area contributed by atoms with E-state index in [1.807, 2.05) is 0 Å². The van der Waals surface area contributed by atoms with Crippen LogP contribution in [0.5, 0.6) is 11.5 Å². The summed E-state index contributed by atoms with van der Waals surface area (Å²) in [5.74, 6) is 0.666. The average molecular weight is 262 g/mol. The highest BCUT2D eigenvalue weighted by Gasteiger charge is 2.61. The predicted octanol–water partition coefficient (Wildman–Crippen LogP) is 2.53. The fraction of sp³-hybridized carbons (Fsp3) is 0.500. The fourth-order valence-electron chi connectivity index (χ4n) is 1.88. The second kappa shape index (κ2) is 4.35. The Balaban J connectivity index is 2.49. The van der Waals surface area contributed by atoms with Crippen LogP contribution in [0.1, 0.15) is 5.56 Å². The molecule has 0 aliphatic carbocycles. The van der Waals surface area contributed by atoms with E-state index >= 15 is 0 Å². The number of ether oxygens (including phenoxy) is 3. The second-order valence-corrected chi connectivity index (χ2v) is 4.17. The van der Waals surface area contributed by atoms with Gasteiger partial charge in [-0.05, 0) is 17.7 Å². The SMILES string of the molecule is COc1cc(OC)cc(C2(C(F)(F)F)COC2)c1. The first-order chi connectivity index (χ1) is 8.43. The molecule has 1 heterocycles. The normalized spacial score (nSPS) is 18.1. The zero-order valence-corrected chi connectivity index (χ0v) is 10.0. The minimum atomic E-state index is -4.36. The number of alkyl halides is 3. The van der Waals surface area contributed by atoms with Gasteiger partial charge in [0.1, 0.15) is 16.9 Å². The van der Waals surface area contributed by atoms with Crippen molar-refractivity contribution in [2.75, 3.05) is 27.4 Å². The van der Waals surface area contributed by atoms with E-state index in [0.717, 1.165) is 0 Å². The van der Waals surface area contributed by atoms with Crippen LogP contribution in [0.25, 0.3) is 0 Å². The lowest BCUT2D eigenvalue weighted by Gasteiger charge is -2.43. The third-order valence-electron chi connectivity index (χ3n) is 3.14. The van der Waals surface area contributed by atoms with Gasteiger partial charge in [-0.2, -0.15) is 13.2 Å². The summed E-state index contributed by atoms with van der Waals surface area (Å²) in [6.45, 7) is -0.736. The van der Waals surface area contributed by atoms with E-state index in [-0.39, 0.29) is 18.8 Å². The van der Waals surface area contributed by atoms with Crippen LogP contribution in [-0.4, -0.2) is 33.6 Å². The zero-order chi connectivity index (χ0) is 13.4. The highest BCUT2D eigenvalue weighted by Crippen LogP contribution is 2.47. The molecule has 100 valence electrons. The number of rotatable bonds is 3. The number of hydrogen-bond acceptors (Lipinski definition) is 3. The maximum Gasteiger partial charge on any atom is 0.402 e. The van der Waals surface area contributed by atoms with Gasteiger partial charge in [0.05, 0.1) is 27.4 Å². The molecule has 0 radical (unpaired) electrons. The lowest BCUT2D eigenvalue weighted by atomic mass is 9.77. The van der Waals surface area contributed by atoms with Gasteiger partial charge in [0, 0.05) is 6.07 Å². The summed E-state index contributed by atoms with van der Waals surface area (Å²) in [7, 11) is 2.80. The number of methoxy groups -OCH3 is 2. The third kappa shape index (κ3) is 1.90. The third-order valence-corrected chi connectivity index (χ3v) is 3.14. The summed E-state index contributed by atoms with van der Waals surface area (Å²) in [6, 6.07) is 4.28. The largest absolute Gasteiger partial charge is 0.497 e. The first-order valence-corrected chi connectivity index (χ1v) is 5.31. The molecule has 0 spiro atoms. The van der Waals surface area contributed by atoms with Gasteiger partial charge >= 0.3 is 6.18 Å². The molecular formula is C12H13F3O3.